The normalized spacial score (nSPS) is 12.2. The molecule has 2 heterocycles. The van der Waals surface area contributed by atoms with Gasteiger partial charge in [0.05, 0.1) is 5.69 Å². The van der Waals surface area contributed by atoms with E-state index >= 15 is 0 Å². The predicted molar refractivity (Wildman–Crippen MR) is 60.0 cm³/mol. The van der Waals surface area contributed by atoms with Gasteiger partial charge in [-0.25, -0.2) is 13.4 Å². The van der Waals surface area contributed by atoms with E-state index in [1.165, 1.54) is 18.5 Å². The van der Waals surface area contributed by atoms with E-state index in [4.69, 9.17) is 0 Å². The summed E-state index contributed by atoms with van der Waals surface area (Å²) in [6, 6.07) is 1.57. The number of aromatic nitrogens is 3. The molecule has 2 rings (SSSR count). The van der Waals surface area contributed by atoms with E-state index in [2.05, 4.69) is 14.7 Å². The van der Waals surface area contributed by atoms with Crippen molar-refractivity contribution in [3.8, 4) is 0 Å². The van der Waals surface area contributed by atoms with Crippen LogP contribution in [0.1, 0.15) is 25.6 Å². The Hall–Kier alpha value is -1.63. The van der Waals surface area contributed by atoms with E-state index in [0.717, 1.165) is 0 Å². The van der Waals surface area contributed by atoms with Gasteiger partial charge in [-0.3, -0.25) is 0 Å². The lowest BCUT2D eigenvalue weighted by Crippen LogP contribution is -2.14. The molecule has 0 radical (unpaired) electrons. The third-order valence-corrected chi connectivity index (χ3v) is 3.85. The molecule has 0 atom stereocenters. The Balaban J connectivity index is 2.35. The van der Waals surface area contributed by atoms with Crippen LogP contribution < -0.4 is 0 Å². The van der Waals surface area contributed by atoms with Crippen molar-refractivity contribution in [2.75, 3.05) is 0 Å². The summed E-state index contributed by atoms with van der Waals surface area (Å²) in [5.74, 6) is -0.201. The maximum absolute atomic E-state index is 12.1. The van der Waals surface area contributed by atoms with Gasteiger partial charge in [-0.1, -0.05) is 5.16 Å². The van der Waals surface area contributed by atoms with Crippen LogP contribution in [0.4, 0.5) is 0 Å². The largest absolute Gasteiger partial charge is 0.364 e. The van der Waals surface area contributed by atoms with Crippen LogP contribution in [0.2, 0.25) is 0 Å². The third kappa shape index (κ3) is 2.38. The minimum atomic E-state index is -3.49. The molecule has 6 nitrogen and oxygen atoms in total. The average molecular weight is 255 g/mol. The Kier molecular flexibility index (Phi) is 3.01. The SMILES string of the molecule is CC(C)n1ccnc1S(=O)(=O)Cc1ccon1. The van der Waals surface area contributed by atoms with Crippen LogP contribution >= 0.6 is 0 Å². The van der Waals surface area contributed by atoms with E-state index in [9.17, 15) is 8.42 Å². The van der Waals surface area contributed by atoms with Gasteiger partial charge in [-0.2, -0.15) is 0 Å². The quantitative estimate of drug-likeness (QED) is 0.825. The molecule has 0 bridgehead atoms. The summed E-state index contributed by atoms with van der Waals surface area (Å²) in [5, 5.41) is 3.66. The number of imidazole rings is 1. The first-order valence-corrected chi connectivity index (χ1v) is 6.81. The van der Waals surface area contributed by atoms with Crippen LogP contribution in [-0.4, -0.2) is 23.1 Å². The zero-order valence-corrected chi connectivity index (χ0v) is 10.4. The van der Waals surface area contributed by atoms with Crippen molar-refractivity contribution in [1.82, 2.24) is 14.7 Å². The Labute approximate surface area is 99.2 Å². The molecule has 0 aliphatic heterocycles. The van der Waals surface area contributed by atoms with Crippen LogP contribution in [0.3, 0.4) is 0 Å². The van der Waals surface area contributed by atoms with Crippen LogP contribution in [0.25, 0.3) is 0 Å². The highest BCUT2D eigenvalue weighted by Crippen LogP contribution is 2.17. The summed E-state index contributed by atoms with van der Waals surface area (Å²) in [6.45, 7) is 3.80. The lowest BCUT2D eigenvalue weighted by atomic mass is 10.4. The first kappa shape index (κ1) is 11.8. The molecule has 17 heavy (non-hydrogen) atoms. The molecule has 7 heteroatoms. The molecule has 0 aliphatic carbocycles. The molecular formula is C10H13N3O3S. The van der Waals surface area contributed by atoms with Crippen molar-refractivity contribution in [3.63, 3.8) is 0 Å². The van der Waals surface area contributed by atoms with Crippen molar-refractivity contribution in [2.24, 2.45) is 0 Å². The third-order valence-electron chi connectivity index (χ3n) is 2.30. The summed E-state index contributed by atoms with van der Waals surface area (Å²) in [5.41, 5.74) is 0.378. The predicted octanol–water partition coefficient (Wildman–Crippen LogP) is 1.43. The van der Waals surface area contributed by atoms with E-state index in [0.29, 0.717) is 5.69 Å². The molecule has 0 saturated carbocycles. The highest BCUT2D eigenvalue weighted by Gasteiger charge is 2.23. The average Bonchev–Trinajstić information content (AvgIpc) is 2.84. The second kappa shape index (κ2) is 4.33. The lowest BCUT2D eigenvalue weighted by Gasteiger charge is -2.10. The minimum absolute atomic E-state index is 0.0413. The molecule has 0 aliphatic rings. The van der Waals surface area contributed by atoms with Crippen molar-refractivity contribution in [2.45, 2.75) is 30.8 Å². The molecule has 0 unspecified atom stereocenters. The Morgan fingerprint density at radius 3 is 2.82 bits per heavy atom. The van der Waals surface area contributed by atoms with Gasteiger partial charge in [0.1, 0.15) is 12.0 Å². The summed E-state index contributed by atoms with van der Waals surface area (Å²) in [6.07, 6.45) is 4.48. The van der Waals surface area contributed by atoms with Crippen molar-refractivity contribution >= 4 is 9.84 Å². The van der Waals surface area contributed by atoms with E-state index in [1.54, 1.807) is 10.8 Å². The first-order valence-electron chi connectivity index (χ1n) is 5.15. The minimum Gasteiger partial charge on any atom is -0.364 e. The second-order valence-electron chi connectivity index (χ2n) is 3.96. The van der Waals surface area contributed by atoms with Crippen molar-refractivity contribution in [1.29, 1.82) is 0 Å². The summed E-state index contributed by atoms with van der Waals surface area (Å²) >= 11 is 0. The molecule has 2 aromatic rings. The van der Waals surface area contributed by atoms with Gasteiger partial charge in [0.2, 0.25) is 15.0 Å². The standard InChI is InChI=1S/C10H13N3O3S/c1-8(2)13-5-4-11-10(13)17(14,15)7-9-3-6-16-12-9/h3-6,8H,7H2,1-2H3. The van der Waals surface area contributed by atoms with Gasteiger partial charge in [0.15, 0.2) is 0 Å². The first-order chi connectivity index (χ1) is 8.00. The molecular weight excluding hydrogens is 242 g/mol. The summed E-state index contributed by atoms with van der Waals surface area (Å²) < 4.78 is 30.5. The smallest absolute Gasteiger partial charge is 0.228 e. The fraction of sp³-hybridized carbons (Fsp3) is 0.400. The monoisotopic (exact) mass is 255 g/mol. The van der Waals surface area contributed by atoms with E-state index < -0.39 is 9.84 Å². The van der Waals surface area contributed by atoms with E-state index in [-0.39, 0.29) is 17.0 Å². The fourth-order valence-electron chi connectivity index (χ4n) is 1.50. The summed E-state index contributed by atoms with van der Waals surface area (Å²) in [7, 11) is -3.49. The molecule has 0 N–H and O–H groups in total. The van der Waals surface area contributed by atoms with Crippen LogP contribution in [0.15, 0.2) is 34.4 Å². The van der Waals surface area contributed by atoms with Gasteiger partial charge in [0, 0.05) is 24.5 Å². The number of nitrogens with zero attached hydrogens (tertiary/aromatic N) is 3. The van der Waals surface area contributed by atoms with Gasteiger partial charge in [-0.05, 0) is 13.8 Å². The number of rotatable bonds is 4. The molecule has 0 saturated heterocycles. The van der Waals surface area contributed by atoms with Gasteiger partial charge >= 0.3 is 0 Å². The van der Waals surface area contributed by atoms with Crippen molar-refractivity contribution < 1.29 is 12.9 Å². The zero-order chi connectivity index (χ0) is 12.5. The highest BCUT2D eigenvalue weighted by molar-refractivity contribution is 7.90. The van der Waals surface area contributed by atoms with Crippen LogP contribution in [0, 0.1) is 0 Å². The molecule has 0 aromatic carbocycles. The summed E-state index contributed by atoms with van der Waals surface area (Å²) in [4.78, 5) is 3.91. The number of hydrogen-bond acceptors (Lipinski definition) is 5. The Morgan fingerprint density at radius 2 is 2.24 bits per heavy atom. The molecule has 0 spiro atoms. The fourth-order valence-corrected chi connectivity index (χ4v) is 2.99. The molecule has 0 fully saturated rings. The zero-order valence-electron chi connectivity index (χ0n) is 9.57. The molecule has 2 aromatic heterocycles. The number of sulfone groups is 1. The second-order valence-corrected chi connectivity index (χ2v) is 5.84. The van der Waals surface area contributed by atoms with Gasteiger partial charge < -0.3 is 9.09 Å². The molecule has 0 amide bonds. The van der Waals surface area contributed by atoms with Crippen LogP contribution in [0.5, 0.6) is 0 Å². The Morgan fingerprint density at radius 1 is 1.47 bits per heavy atom. The van der Waals surface area contributed by atoms with Crippen LogP contribution in [-0.2, 0) is 15.6 Å². The molecule has 92 valence electrons. The lowest BCUT2D eigenvalue weighted by molar-refractivity contribution is 0.413. The van der Waals surface area contributed by atoms with Gasteiger partial charge in [0.25, 0.3) is 0 Å². The Bertz CT molecular complexity index is 584. The van der Waals surface area contributed by atoms with E-state index in [1.807, 2.05) is 13.8 Å². The topological polar surface area (TPSA) is 78.0 Å². The van der Waals surface area contributed by atoms with Crippen molar-refractivity contribution in [3.05, 3.63) is 30.4 Å². The maximum atomic E-state index is 12.1. The maximum Gasteiger partial charge on any atom is 0.228 e. The highest BCUT2D eigenvalue weighted by atomic mass is 32.2. The number of hydrogen-bond donors (Lipinski definition) is 0. The van der Waals surface area contributed by atoms with Gasteiger partial charge in [-0.15, -0.1) is 0 Å².